The number of hydrogen-bond donors (Lipinski definition) is 0. The minimum atomic E-state index is -0.470. The minimum Gasteiger partial charge on any atom is -0.447 e. The second kappa shape index (κ2) is 5.14. The van der Waals surface area contributed by atoms with E-state index < -0.39 is 12.1 Å². The van der Waals surface area contributed by atoms with Crippen molar-refractivity contribution in [2.75, 3.05) is 0 Å². The molecule has 4 rings (SSSR count). The van der Waals surface area contributed by atoms with Gasteiger partial charge < -0.3 is 9.15 Å². The topological polar surface area (TPSA) is 39.4 Å². The van der Waals surface area contributed by atoms with Gasteiger partial charge in [0.25, 0.3) is 0 Å². The molecule has 3 nitrogen and oxygen atoms in total. The van der Waals surface area contributed by atoms with Gasteiger partial charge in [-0.1, -0.05) is 48.5 Å². The highest BCUT2D eigenvalue weighted by Gasteiger charge is 2.31. The van der Waals surface area contributed by atoms with Gasteiger partial charge in [0.2, 0.25) is 5.76 Å². The molecule has 0 bridgehead atoms. The van der Waals surface area contributed by atoms with Crippen LogP contribution in [0.5, 0.6) is 0 Å². The van der Waals surface area contributed by atoms with E-state index in [4.69, 9.17) is 9.15 Å². The lowest BCUT2D eigenvalue weighted by molar-refractivity contribution is 0.0347. The molecule has 0 radical (unpaired) electrons. The van der Waals surface area contributed by atoms with Crippen molar-refractivity contribution in [1.29, 1.82) is 0 Å². The Morgan fingerprint density at radius 2 is 1.50 bits per heavy atom. The highest BCUT2D eigenvalue weighted by Crippen LogP contribution is 2.45. The van der Waals surface area contributed by atoms with Crippen molar-refractivity contribution in [3.05, 3.63) is 82.2 Å². The first-order valence-electron chi connectivity index (χ1n) is 6.88. The van der Waals surface area contributed by atoms with Crippen LogP contribution in [0.25, 0.3) is 11.1 Å². The Morgan fingerprint density at radius 3 is 2.05 bits per heavy atom. The number of esters is 1. The third-order valence-electron chi connectivity index (χ3n) is 3.78. The maximum absolute atomic E-state index is 12.3. The quantitative estimate of drug-likeness (QED) is 0.610. The predicted octanol–water partition coefficient (Wildman–Crippen LogP) is 4.97. The van der Waals surface area contributed by atoms with Gasteiger partial charge in [-0.3, -0.25) is 0 Å². The Bertz CT molecular complexity index is 821. The molecule has 1 aromatic heterocycles. The van der Waals surface area contributed by atoms with Gasteiger partial charge >= 0.3 is 5.97 Å². The van der Waals surface area contributed by atoms with Crippen LogP contribution in [0, 0.1) is 0 Å². The van der Waals surface area contributed by atoms with Crippen LogP contribution >= 0.6 is 15.9 Å². The molecule has 0 aliphatic heterocycles. The molecule has 0 N–H and O–H groups in total. The first-order chi connectivity index (χ1) is 10.7. The minimum absolute atomic E-state index is 0.189. The Hall–Kier alpha value is -2.33. The highest BCUT2D eigenvalue weighted by molar-refractivity contribution is 9.10. The molecule has 1 aliphatic rings. The monoisotopic (exact) mass is 354 g/mol. The van der Waals surface area contributed by atoms with Crippen LogP contribution in [0.2, 0.25) is 0 Å². The predicted molar refractivity (Wildman–Crippen MR) is 85.5 cm³/mol. The standard InChI is InChI=1S/C18H11BrO3/c19-16-10-9-15(21-16)18(20)22-17-13-7-3-1-5-11(13)12-6-2-4-8-14(12)17/h1-10,17H. The van der Waals surface area contributed by atoms with Crippen molar-refractivity contribution in [3.8, 4) is 11.1 Å². The molecule has 4 heteroatoms. The van der Waals surface area contributed by atoms with E-state index in [1.165, 1.54) is 0 Å². The summed E-state index contributed by atoms with van der Waals surface area (Å²) in [6.07, 6.45) is -0.399. The van der Waals surface area contributed by atoms with E-state index in [1.54, 1.807) is 12.1 Å². The van der Waals surface area contributed by atoms with Gasteiger partial charge in [0.1, 0.15) is 0 Å². The molecule has 1 aliphatic carbocycles. The maximum atomic E-state index is 12.3. The van der Waals surface area contributed by atoms with Crippen LogP contribution in [0.1, 0.15) is 27.8 Å². The van der Waals surface area contributed by atoms with Crippen molar-refractivity contribution in [2.24, 2.45) is 0 Å². The number of rotatable bonds is 2. The second-order valence-corrected chi connectivity index (χ2v) is 5.85. The molecule has 108 valence electrons. The number of fused-ring (bicyclic) bond motifs is 3. The van der Waals surface area contributed by atoms with Gasteiger partial charge in [-0.05, 0) is 39.2 Å². The summed E-state index contributed by atoms with van der Waals surface area (Å²) in [6, 6.07) is 19.2. The number of carbonyl (C=O) groups is 1. The Morgan fingerprint density at radius 1 is 0.909 bits per heavy atom. The normalized spacial score (nSPS) is 12.8. The van der Waals surface area contributed by atoms with Gasteiger partial charge in [-0.25, -0.2) is 4.79 Å². The van der Waals surface area contributed by atoms with Crippen LogP contribution < -0.4 is 0 Å². The number of carbonyl (C=O) groups excluding carboxylic acids is 1. The fourth-order valence-electron chi connectivity index (χ4n) is 2.83. The molecule has 3 aromatic rings. The summed E-state index contributed by atoms with van der Waals surface area (Å²) in [5, 5.41) is 0. The summed E-state index contributed by atoms with van der Waals surface area (Å²) in [5.74, 6) is -0.282. The van der Waals surface area contributed by atoms with Gasteiger partial charge in [0.05, 0.1) is 0 Å². The smallest absolute Gasteiger partial charge is 0.375 e. The van der Waals surface area contributed by atoms with Gasteiger partial charge in [-0.15, -0.1) is 0 Å². The third kappa shape index (κ3) is 2.07. The number of ether oxygens (including phenoxy) is 1. The third-order valence-corrected chi connectivity index (χ3v) is 4.20. The van der Waals surface area contributed by atoms with Crippen LogP contribution in [0.15, 0.2) is 69.8 Å². The largest absolute Gasteiger partial charge is 0.447 e. The lowest BCUT2D eigenvalue weighted by atomic mass is 10.1. The fraction of sp³-hybridized carbons (Fsp3) is 0.0556. The molecule has 0 spiro atoms. The van der Waals surface area contributed by atoms with Crippen LogP contribution in [-0.4, -0.2) is 5.97 Å². The zero-order valence-corrected chi connectivity index (χ0v) is 13.0. The molecule has 0 fully saturated rings. The van der Waals surface area contributed by atoms with E-state index in [0.717, 1.165) is 22.3 Å². The Labute approximate surface area is 135 Å². The van der Waals surface area contributed by atoms with E-state index in [9.17, 15) is 4.79 Å². The first kappa shape index (κ1) is 13.3. The van der Waals surface area contributed by atoms with Crippen molar-refractivity contribution in [2.45, 2.75) is 6.10 Å². The van der Waals surface area contributed by atoms with Gasteiger partial charge in [0.15, 0.2) is 10.8 Å². The van der Waals surface area contributed by atoms with E-state index in [0.29, 0.717) is 4.67 Å². The van der Waals surface area contributed by atoms with Crippen molar-refractivity contribution in [1.82, 2.24) is 0 Å². The average Bonchev–Trinajstić information content (AvgIpc) is 3.11. The summed E-state index contributed by atoms with van der Waals surface area (Å²) in [7, 11) is 0. The van der Waals surface area contributed by atoms with Crippen molar-refractivity contribution >= 4 is 21.9 Å². The highest BCUT2D eigenvalue weighted by atomic mass is 79.9. The first-order valence-corrected chi connectivity index (χ1v) is 7.68. The van der Waals surface area contributed by atoms with E-state index in [2.05, 4.69) is 15.9 Å². The Balaban J connectivity index is 1.74. The molecule has 22 heavy (non-hydrogen) atoms. The Kier molecular flexibility index (Phi) is 3.12. The van der Waals surface area contributed by atoms with Crippen molar-refractivity contribution < 1.29 is 13.9 Å². The summed E-state index contributed by atoms with van der Waals surface area (Å²) in [4.78, 5) is 12.3. The molecule has 2 aromatic carbocycles. The molecule has 0 unspecified atom stereocenters. The molecular weight excluding hydrogens is 344 g/mol. The summed E-state index contributed by atoms with van der Waals surface area (Å²) < 4.78 is 11.5. The molecule has 1 heterocycles. The molecular formula is C18H11BrO3. The van der Waals surface area contributed by atoms with Gasteiger partial charge in [-0.2, -0.15) is 0 Å². The molecule has 0 saturated carbocycles. The van der Waals surface area contributed by atoms with Gasteiger partial charge in [0, 0.05) is 11.1 Å². The fourth-order valence-corrected chi connectivity index (χ4v) is 3.13. The van der Waals surface area contributed by atoms with Crippen LogP contribution in [0.4, 0.5) is 0 Å². The van der Waals surface area contributed by atoms with E-state index >= 15 is 0 Å². The summed E-state index contributed by atoms with van der Waals surface area (Å²) >= 11 is 3.19. The molecule has 0 saturated heterocycles. The van der Waals surface area contributed by atoms with Crippen LogP contribution in [0.3, 0.4) is 0 Å². The number of halogens is 1. The lowest BCUT2D eigenvalue weighted by Gasteiger charge is -2.14. The van der Waals surface area contributed by atoms with Crippen molar-refractivity contribution in [3.63, 3.8) is 0 Å². The average molecular weight is 355 g/mol. The molecule has 0 amide bonds. The number of hydrogen-bond acceptors (Lipinski definition) is 3. The number of furan rings is 1. The lowest BCUT2D eigenvalue weighted by Crippen LogP contribution is -2.10. The summed E-state index contributed by atoms with van der Waals surface area (Å²) in [5.41, 5.74) is 4.22. The zero-order valence-electron chi connectivity index (χ0n) is 11.5. The second-order valence-electron chi connectivity index (χ2n) is 5.06. The zero-order chi connectivity index (χ0) is 15.1. The van der Waals surface area contributed by atoms with Crippen LogP contribution in [-0.2, 0) is 4.74 Å². The number of benzene rings is 2. The van der Waals surface area contributed by atoms with E-state index in [1.807, 2.05) is 48.5 Å². The summed E-state index contributed by atoms with van der Waals surface area (Å²) in [6.45, 7) is 0. The maximum Gasteiger partial charge on any atom is 0.375 e. The SMILES string of the molecule is O=C(OC1c2ccccc2-c2ccccc21)c1ccc(Br)o1. The molecule has 0 atom stereocenters. The van der Waals surface area contributed by atoms with E-state index in [-0.39, 0.29) is 5.76 Å².